The third-order valence-electron chi connectivity index (χ3n) is 6.90. The second-order valence-electron chi connectivity index (χ2n) is 11.4. The Bertz CT molecular complexity index is 1370. The summed E-state index contributed by atoms with van der Waals surface area (Å²) in [4.78, 5) is 24.0. The van der Waals surface area contributed by atoms with Crippen LogP contribution in [0, 0.1) is 5.92 Å². The second kappa shape index (κ2) is 13.7. The molecular formula is C30H37F3N2O6S. The SMILES string of the molecule is CC(C)(C)OC(=O)NC1CCC(NCC/C(=C/C(=O)O)c2cccc(C(F)(F)F)c2)C(CS(=O)(=O)c2ccccc2)C1. The van der Waals surface area contributed by atoms with Crippen LogP contribution in [-0.4, -0.2) is 55.6 Å². The summed E-state index contributed by atoms with van der Waals surface area (Å²) in [6.07, 6.45) is -2.77. The van der Waals surface area contributed by atoms with Gasteiger partial charge in [-0.3, -0.25) is 0 Å². The average molecular weight is 611 g/mol. The lowest BCUT2D eigenvalue weighted by Gasteiger charge is -2.37. The summed E-state index contributed by atoms with van der Waals surface area (Å²) in [6.45, 7) is 5.44. The molecule has 3 rings (SSSR count). The van der Waals surface area contributed by atoms with E-state index in [9.17, 15) is 36.3 Å². The minimum atomic E-state index is -4.58. The minimum absolute atomic E-state index is 0.0991. The molecule has 230 valence electrons. The lowest BCUT2D eigenvalue weighted by atomic mass is 9.82. The van der Waals surface area contributed by atoms with Gasteiger partial charge in [0, 0.05) is 18.2 Å². The molecule has 0 spiro atoms. The Morgan fingerprint density at radius 3 is 2.36 bits per heavy atom. The molecule has 1 saturated carbocycles. The number of hydrogen-bond acceptors (Lipinski definition) is 6. The molecule has 1 aliphatic rings. The average Bonchev–Trinajstić information content (AvgIpc) is 2.88. The third kappa shape index (κ3) is 10.2. The van der Waals surface area contributed by atoms with Crippen LogP contribution in [0.5, 0.6) is 0 Å². The van der Waals surface area contributed by atoms with Crippen molar-refractivity contribution in [2.75, 3.05) is 12.3 Å². The number of alkyl carbamates (subject to hydrolysis) is 1. The molecule has 3 atom stereocenters. The summed E-state index contributed by atoms with van der Waals surface area (Å²) in [5.74, 6) is -1.89. The lowest BCUT2D eigenvalue weighted by Crippen LogP contribution is -2.50. The Balaban J connectivity index is 1.76. The molecule has 3 N–H and O–H groups in total. The van der Waals surface area contributed by atoms with Gasteiger partial charge in [-0.25, -0.2) is 18.0 Å². The first-order valence-corrected chi connectivity index (χ1v) is 15.3. The third-order valence-corrected chi connectivity index (χ3v) is 8.76. The van der Waals surface area contributed by atoms with Gasteiger partial charge in [-0.05, 0) is 94.3 Å². The quantitative estimate of drug-likeness (QED) is 0.296. The van der Waals surface area contributed by atoms with Gasteiger partial charge in [-0.15, -0.1) is 0 Å². The van der Waals surface area contributed by atoms with Crippen LogP contribution < -0.4 is 10.6 Å². The summed E-state index contributed by atoms with van der Waals surface area (Å²) < 4.78 is 71.6. The van der Waals surface area contributed by atoms with Crippen LogP contribution in [0.4, 0.5) is 18.0 Å². The second-order valence-corrected chi connectivity index (χ2v) is 13.4. The number of sulfone groups is 1. The number of carboxylic acid groups (broad SMARTS) is 1. The first-order valence-electron chi connectivity index (χ1n) is 13.7. The van der Waals surface area contributed by atoms with Crippen molar-refractivity contribution >= 4 is 27.5 Å². The maximum atomic E-state index is 13.3. The summed E-state index contributed by atoms with van der Waals surface area (Å²) in [5.41, 5.74) is -1.23. The predicted molar refractivity (Wildman–Crippen MR) is 152 cm³/mol. The largest absolute Gasteiger partial charge is 0.478 e. The molecule has 0 bridgehead atoms. The highest BCUT2D eigenvalue weighted by molar-refractivity contribution is 7.91. The molecule has 12 heteroatoms. The van der Waals surface area contributed by atoms with E-state index in [1.807, 2.05) is 0 Å². The van der Waals surface area contributed by atoms with Gasteiger partial charge in [-0.2, -0.15) is 13.2 Å². The number of benzene rings is 2. The van der Waals surface area contributed by atoms with Crippen molar-refractivity contribution in [1.82, 2.24) is 10.6 Å². The number of rotatable bonds is 10. The molecular weight excluding hydrogens is 573 g/mol. The van der Waals surface area contributed by atoms with E-state index < -0.39 is 45.2 Å². The number of hydrogen-bond donors (Lipinski definition) is 3. The van der Waals surface area contributed by atoms with E-state index in [0.717, 1.165) is 18.2 Å². The van der Waals surface area contributed by atoms with E-state index in [4.69, 9.17) is 4.74 Å². The number of ether oxygens (including phenoxy) is 1. The summed E-state index contributed by atoms with van der Waals surface area (Å²) in [6, 6.07) is 11.9. The van der Waals surface area contributed by atoms with Crippen molar-refractivity contribution in [1.29, 1.82) is 0 Å². The molecule has 0 heterocycles. The molecule has 2 aromatic rings. The molecule has 0 aliphatic heterocycles. The monoisotopic (exact) mass is 610 g/mol. The highest BCUT2D eigenvalue weighted by atomic mass is 32.2. The maximum absolute atomic E-state index is 13.3. The van der Waals surface area contributed by atoms with E-state index >= 15 is 0 Å². The fourth-order valence-corrected chi connectivity index (χ4v) is 6.76. The van der Waals surface area contributed by atoms with Gasteiger partial charge in [0.2, 0.25) is 0 Å². The maximum Gasteiger partial charge on any atom is 0.416 e. The van der Waals surface area contributed by atoms with Gasteiger partial charge in [-0.1, -0.05) is 30.3 Å². The van der Waals surface area contributed by atoms with Gasteiger partial charge < -0.3 is 20.5 Å². The van der Waals surface area contributed by atoms with Gasteiger partial charge in [0.05, 0.1) is 16.2 Å². The van der Waals surface area contributed by atoms with Crippen molar-refractivity contribution in [2.24, 2.45) is 5.92 Å². The van der Waals surface area contributed by atoms with Crippen molar-refractivity contribution in [3.8, 4) is 0 Å². The summed E-state index contributed by atoms with van der Waals surface area (Å²) >= 11 is 0. The van der Waals surface area contributed by atoms with Crippen LogP contribution in [0.1, 0.15) is 57.6 Å². The van der Waals surface area contributed by atoms with E-state index in [2.05, 4.69) is 10.6 Å². The Kier molecular flexibility index (Phi) is 10.8. The molecule has 0 aromatic heterocycles. The highest BCUT2D eigenvalue weighted by Gasteiger charge is 2.35. The minimum Gasteiger partial charge on any atom is -0.478 e. The Morgan fingerprint density at radius 2 is 1.74 bits per heavy atom. The summed E-state index contributed by atoms with van der Waals surface area (Å²) in [5, 5.41) is 15.5. The number of aliphatic carboxylic acids is 1. The van der Waals surface area contributed by atoms with E-state index in [1.54, 1.807) is 39.0 Å². The highest BCUT2D eigenvalue weighted by Crippen LogP contribution is 2.32. The Labute approximate surface area is 244 Å². The van der Waals surface area contributed by atoms with E-state index in [-0.39, 0.29) is 46.8 Å². The van der Waals surface area contributed by atoms with Crippen LogP contribution in [0.25, 0.3) is 5.57 Å². The van der Waals surface area contributed by atoms with Gasteiger partial charge in [0.15, 0.2) is 9.84 Å². The number of carboxylic acids is 1. The first kappa shape index (κ1) is 33.1. The van der Waals surface area contributed by atoms with Crippen LogP contribution in [0.3, 0.4) is 0 Å². The molecule has 1 fully saturated rings. The smallest absolute Gasteiger partial charge is 0.416 e. The first-order chi connectivity index (χ1) is 19.5. The van der Waals surface area contributed by atoms with Crippen LogP contribution in [-0.2, 0) is 25.5 Å². The molecule has 2 aromatic carbocycles. The van der Waals surface area contributed by atoms with Crippen LogP contribution in [0.2, 0.25) is 0 Å². The molecule has 0 saturated heterocycles. The van der Waals surface area contributed by atoms with E-state index in [0.29, 0.717) is 19.3 Å². The number of alkyl halides is 3. The topological polar surface area (TPSA) is 122 Å². The van der Waals surface area contributed by atoms with Crippen molar-refractivity contribution in [2.45, 2.75) is 75.2 Å². The molecule has 3 unspecified atom stereocenters. The number of amides is 1. The van der Waals surface area contributed by atoms with Crippen molar-refractivity contribution in [3.05, 3.63) is 71.8 Å². The fourth-order valence-electron chi connectivity index (χ4n) is 5.06. The molecule has 1 aliphatic carbocycles. The standard InChI is InChI=1S/C30H37F3N2O6S/c1-29(2,3)41-28(38)35-24-12-13-26(22(17-24)19-42(39,40)25-10-5-4-6-11-25)34-15-14-21(18-27(36)37)20-8-7-9-23(16-20)30(31,32)33/h4-11,16,18,22,24,26,34H,12-15,17,19H2,1-3H3,(H,35,38)(H,36,37)/b21-18-. The summed E-state index contributed by atoms with van der Waals surface area (Å²) in [7, 11) is -3.67. The van der Waals surface area contributed by atoms with Crippen molar-refractivity contribution in [3.63, 3.8) is 0 Å². The van der Waals surface area contributed by atoms with Gasteiger partial charge in [0.25, 0.3) is 0 Å². The number of nitrogens with one attached hydrogen (secondary N) is 2. The molecule has 42 heavy (non-hydrogen) atoms. The molecule has 1 amide bonds. The Hall–Kier alpha value is -3.38. The zero-order chi connectivity index (χ0) is 31.1. The van der Waals surface area contributed by atoms with Crippen molar-refractivity contribution < 1.29 is 41.0 Å². The predicted octanol–water partition coefficient (Wildman–Crippen LogP) is 5.69. The lowest BCUT2D eigenvalue weighted by molar-refractivity contribution is -0.137. The van der Waals surface area contributed by atoms with E-state index in [1.165, 1.54) is 24.3 Å². The number of carbonyl (C=O) groups excluding carboxylic acids is 1. The van der Waals surface area contributed by atoms with Gasteiger partial charge in [0.1, 0.15) is 5.60 Å². The fraction of sp³-hybridized carbons (Fsp3) is 0.467. The zero-order valence-electron chi connectivity index (χ0n) is 23.8. The molecule has 0 radical (unpaired) electrons. The number of halogens is 3. The Morgan fingerprint density at radius 1 is 1.05 bits per heavy atom. The zero-order valence-corrected chi connectivity index (χ0v) is 24.6. The van der Waals surface area contributed by atoms with Crippen LogP contribution in [0.15, 0.2) is 65.6 Å². The molecule has 8 nitrogen and oxygen atoms in total. The number of carbonyl (C=O) groups is 2. The van der Waals surface area contributed by atoms with Crippen LogP contribution >= 0.6 is 0 Å². The van der Waals surface area contributed by atoms with Gasteiger partial charge >= 0.3 is 18.2 Å². The normalized spacial score (nSPS) is 20.1.